The third-order valence-electron chi connectivity index (χ3n) is 3.15. The molecule has 0 aliphatic heterocycles. The van der Waals surface area contributed by atoms with Crippen molar-refractivity contribution in [1.29, 1.82) is 0 Å². The van der Waals surface area contributed by atoms with Crippen molar-refractivity contribution in [3.8, 4) is 0 Å². The van der Waals surface area contributed by atoms with Gasteiger partial charge < -0.3 is 15.5 Å². The minimum Gasteiger partial charge on any atom is -0.397 e. The lowest BCUT2D eigenvalue weighted by molar-refractivity contribution is 0.402. The highest BCUT2D eigenvalue weighted by atomic mass is 15.1. The Morgan fingerprint density at radius 1 is 1.00 bits per heavy atom. The van der Waals surface area contributed by atoms with Gasteiger partial charge in [-0.25, -0.2) is 0 Å². The molecule has 0 radical (unpaired) electrons. The average Bonchev–Trinajstić information content (AvgIpc) is 2.22. The Labute approximate surface area is 105 Å². The fraction of sp³-hybridized carbons (Fsp3) is 0.571. The van der Waals surface area contributed by atoms with E-state index in [4.69, 9.17) is 5.73 Å². The zero-order valence-corrected chi connectivity index (χ0v) is 11.7. The van der Waals surface area contributed by atoms with Crippen LogP contribution in [0, 0.1) is 13.8 Å². The number of aryl methyl sites for hydroxylation is 2. The lowest BCUT2D eigenvalue weighted by Gasteiger charge is -2.23. The summed E-state index contributed by atoms with van der Waals surface area (Å²) in [7, 11) is 6.31. The van der Waals surface area contributed by atoms with Gasteiger partial charge in [0.15, 0.2) is 0 Å². The second kappa shape index (κ2) is 5.92. The van der Waals surface area contributed by atoms with Gasteiger partial charge in [0.05, 0.1) is 11.4 Å². The Morgan fingerprint density at radius 3 is 2.18 bits per heavy atom. The van der Waals surface area contributed by atoms with Crippen LogP contribution >= 0.6 is 0 Å². The van der Waals surface area contributed by atoms with Crippen LogP contribution in [-0.2, 0) is 0 Å². The molecule has 0 amide bonds. The van der Waals surface area contributed by atoms with E-state index in [0.29, 0.717) is 0 Å². The van der Waals surface area contributed by atoms with E-state index in [-0.39, 0.29) is 0 Å². The molecule has 2 N–H and O–H groups in total. The maximum absolute atomic E-state index is 6.07. The predicted octanol–water partition coefficient (Wildman–Crippen LogP) is 2.27. The Bertz CT molecular complexity index is 372. The van der Waals surface area contributed by atoms with Gasteiger partial charge in [-0.05, 0) is 64.2 Å². The van der Waals surface area contributed by atoms with Crippen LogP contribution in [0.3, 0.4) is 0 Å². The highest BCUT2D eigenvalue weighted by molar-refractivity contribution is 5.69. The molecule has 0 bridgehead atoms. The topological polar surface area (TPSA) is 32.5 Å². The summed E-state index contributed by atoms with van der Waals surface area (Å²) in [5.74, 6) is 0. The zero-order chi connectivity index (χ0) is 13.0. The SMILES string of the molecule is Cc1cc(N)c(N(C)CCCN(C)C)cc1C. The summed E-state index contributed by atoms with van der Waals surface area (Å²) in [6.45, 7) is 6.37. The summed E-state index contributed by atoms with van der Waals surface area (Å²) in [6.07, 6.45) is 1.15. The third-order valence-corrected chi connectivity index (χ3v) is 3.15. The monoisotopic (exact) mass is 235 g/mol. The van der Waals surface area contributed by atoms with E-state index in [1.54, 1.807) is 0 Å². The summed E-state index contributed by atoms with van der Waals surface area (Å²) >= 11 is 0. The fourth-order valence-electron chi connectivity index (χ4n) is 1.90. The number of benzene rings is 1. The molecule has 0 aromatic heterocycles. The van der Waals surface area contributed by atoms with Crippen LogP contribution in [0.2, 0.25) is 0 Å². The third kappa shape index (κ3) is 3.93. The molecule has 0 aliphatic rings. The van der Waals surface area contributed by atoms with Gasteiger partial charge in [-0.1, -0.05) is 0 Å². The molecule has 0 unspecified atom stereocenters. The van der Waals surface area contributed by atoms with Crippen LogP contribution in [0.4, 0.5) is 11.4 Å². The molecule has 3 heteroatoms. The van der Waals surface area contributed by atoms with Crippen LogP contribution in [0.5, 0.6) is 0 Å². The number of rotatable bonds is 5. The van der Waals surface area contributed by atoms with Crippen LogP contribution < -0.4 is 10.6 Å². The van der Waals surface area contributed by atoms with Crippen molar-refractivity contribution in [2.75, 3.05) is 44.9 Å². The van der Waals surface area contributed by atoms with Crippen molar-refractivity contribution >= 4 is 11.4 Å². The minimum atomic E-state index is 0.875. The zero-order valence-electron chi connectivity index (χ0n) is 11.7. The maximum Gasteiger partial charge on any atom is 0.0600 e. The van der Waals surface area contributed by atoms with Crippen LogP contribution in [0.15, 0.2) is 12.1 Å². The first kappa shape index (κ1) is 13.8. The number of nitrogens with zero attached hydrogens (tertiary/aromatic N) is 2. The lowest BCUT2D eigenvalue weighted by Crippen LogP contribution is -2.24. The van der Waals surface area contributed by atoms with Crippen molar-refractivity contribution in [2.24, 2.45) is 0 Å². The second-order valence-electron chi connectivity index (χ2n) is 5.07. The summed E-state index contributed by atoms with van der Waals surface area (Å²) in [5.41, 5.74) is 10.6. The van der Waals surface area contributed by atoms with E-state index < -0.39 is 0 Å². The van der Waals surface area contributed by atoms with Crippen molar-refractivity contribution in [2.45, 2.75) is 20.3 Å². The number of nitrogens with two attached hydrogens (primary N) is 1. The molecular formula is C14H25N3. The quantitative estimate of drug-likeness (QED) is 0.795. The molecule has 0 spiro atoms. The summed E-state index contributed by atoms with van der Waals surface area (Å²) < 4.78 is 0. The van der Waals surface area contributed by atoms with Crippen molar-refractivity contribution in [3.05, 3.63) is 23.3 Å². The molecule has 17 heavy (non-hydrogen) atoms. The normalized spacial score (nSPS) is 10.9. The Balaban J connectivity index is 2.68. The van der Waals surface area contributed by atoms with Gasteiger partial charge in [0.2, 0.25) is 0 Å². The molecule has 0 aliphatic carbocycles. The smallest absolute Gasteiger partial charge is 0.0600 e. The highest BCUT2D eigenvalue weighted by Crippen LogP contribution is 2.26. The number of hydrogen-bond acceptors (Lipinski definition) is 3. The Kier molecular flexibility index (Phi) is 4.82. The molecule has 0 fully saturated rings. The first-order valence-electron chi connectivity index (χ1n) is 6.14. The highest BCUT2D eigenvalue weighted by Gasteiger charge is 2.07. The summed E-state index contributed by atoms with van der Waals surface area (Å²) in [5, 5.41) is 0. The van der Waals surface area contributed by atoms with Gasteiger partial charge in [-0.2, -0.15) is 0 Å². The summed E-state index contributed by atoms with van der Waals surface area (Å²) in [6, 6.07) is 4.24. The molecule has 0 saturated carbocycles. The van der Waals surface area contributed by atoms with Gasteiger partial charge in [-0.15, -0.1) is 0 Å². The van der Waals surface area contributed by atoms with Gasteiger partial charge in [-0.3, -0.25) is 0 Å². The molecule has 3 nitrogen and oxygen atoms in total. The molecule has 0 saturated heterocycles. The van der Waals surface area contributed by atoms with E-state index in [2.05, 4.69) is 56.9 Å². The van der Waals surface area contributed by atoms with E-state index in [9.17, 15) is 0 Å². The van der Waals surface area contributed by atoms with E-state index in [0.717, 1.165) is 30.9 Å². The second-order valence-corrected chi connectivity index (χ2v) is 5.07. The molecular weight excluding hydrogens is 210 g/mol. The van der Waals surface area contributed by atoms with Crippen LogP contribution in [0.25, 0.3) is 0 Å². The average molecular weight is 235 g/mol. The Hall–Kier alpha value is -1.22. The van der Waals surface area contributed by atoms with E-state index >= 15 is 0 Å². The van der Waals surface area contributed by atoms with Gasteiger partial charge in [0.1, 0.15) is 0 Å². The molecule has 1 rings (SSSR count). The molecule has 1 aromatic rings. The van der Waals surface area contributed by atoms with Gasteiger partial charge >= 0.3 is 0 Å². The minimum absolute atomic E-state index is 0.875. The molecule has 96 valence electrons. The van der Waals surface area contributed by atoms with Crippen molar-refractivity contribution in [1.82, 2.24) is 4.90 Å². The number of hydrogen-bond donors (Lipinski definition) is 1. The standard InChI is InChI=1S/C14H25N3/c1-11-9-13(15)14(10-12(11)2)17(5)8-6-7-16(3)4/h9-10H,6-8,15H2,1-5H3. The number of nitrogen functional groups attached to an aromatic ring is 1. The summed E-state index contributed by atoms with van der Waals surface area (Å²) in [4.78, 5) is 4.45. The molecule has 0 heterocycles. The van der Waals surface area contributed by atoms with Crippen LogP contribution in [0.1, 0.15) is 17.5 Å². The van der Waals surface area contributed by atoms with E-state index in [1.165, 1.54) is 11.1 Å². The van der Waals surface area contributed by atoms with Crippen molar-refractivity contribution in [3.63, 3.8) is 0 Å². The number of anilines is 2. The maximum atomic E-state index is 6.07. The first-order chi connectivity index (χ1) is 7.91. The first-order valence-corrected chi connectivity index (χ1v) is 6.14. The van der Waals surface area contributed by atoms with Gasteiger partial charge in [0.25, 0.3) is 0 Å². The fourth-order valence-corrected chi connectivity index (χ4v) is 1.90. The lowest BCUT2D eigenvalue weighted by atomic mass is 10.1. The molecule has 1 aromatic carbocycles. The predicted molar refractivity (Wildman–Crippen MR) is 76.8 cm³/mol. The van der Waals surface area contributed by atoms with Crippen molar-refractivity contribution < 1.29 is 0 Å². The van der Waals surface area contributed by atoms with Gasteiger partial charge in [0, 0.05) is 13.6 Å². The Morgan fingerprint density at radius 2 is 1.59 bits per heavy atom. The largest absolute Gasteiger partial charge is 0.397 e. The van der Waals surface area contributed by atoms with E-state index in [1.807, 2.05) is 0 Å². The van der Waals surface area contributed by atoms with Crippen LogP contribution in [-0.4, -0.2) is 39.1 Å². The molecule has 0 atom stereocenters.